The molecule has 0 radical (unpaired) electrons. The van der Waals surface area contributed by atoms with Gasteiger partial charge in [-0.1, -0.05) is 13.3 Å². The van der Waals surface area contributed by atoms with Gasteiger partial charge >= 0.3 is 0 Å². The lowest BCUT2D eigenvalue weighted by atomic mass is 9.44. The first-order valence-electron chi connectivity index (χ1n) is 6.30. The highest BCUT2D eigenvalue weighted by Crippen LogP contribution is 2.65. The molecule has 0 aromatic carbocycles. The quantitative estimate of drug-likeness (QED) is 0.716. The Bertz CT molecular complexity index is 210. The van der Waals surface area contributed by atoms with Crippen molar-refractivity contribution in [3.8, 4) is 0 Å². The van der Waals surface area contributed by atoms with E-state index in [2.05, 4.69) is 6.92 Å². The number of hydrogen-bond donors (Lipinski definition) is 1. The fourth-order valence-electron chi connectivity index (χ4n) is 5.25. The van der Waals surface area contributed by atoms with Gasteiger partial charge in [0.15, 0.2) is 0 Å². The summed E-state index contributed by atoms with van der Waals surface area (Å²) in [5.41, 5.74) is 1.01. The zero-order chi connectivity index (χ0) is 9.81. The maximum atomic E-state index is 9.64. The van der Waals surface area contributed by atoms with Crippen molar-refractivity contribution >= 4 is 0 Å². The lowest BCUT2D eigenvalue weighted by Gasteiger charge is -2.62. The van der Waals surface area contributed by atoms with E-state index in [0.717, 1.165) is 11.8 Å². The number of rotatable bonds is 2. The van der Waals surface area contributed by atoms with Gasteiger partial charge in [0, 0.05) is 6.61 Å². The minimum atomic E-state index is 0.361. The second-order valence-electron chi connectivity index (χ2n) is 6.47. The van der Waals surface area contributed by atoms with Gasteiger partial charge < -0.3 is 5.11 Å². The molecule has 4 aliphatic carbocycles. The zero-order valence-corrected chi connectivity index (χ0v) is 9.26. The second-order valence-corrected chi connectivity index (χ2v) is 6.47. The highest BCUT2D eigenvalue weighted by atomic mass is 16.3. The van der Waals surface area contributed by atoms with E-state index in [1.54, 1.807) is 0 Å². The van der Waals surface area contributed by atoms with Crippen LogP contribution in [0.25, 0.3) is 0 Å². The average Bonchev–Trinajstić information content (AvgIpc) is 2.16. The Hall–Kier alpha value is -0.0400. The van der Waals surface area contributed by atoms with Crippen molar-refractivity contribution in [1.82, 2.24) is 0 Å². The van der Waals surface area contributed by atoms with E-state index in [4.69, 9.17) is 0 Å². The fraction of sp³-hybridized carbons (Fsp3) is 1.00. The van der Waals surface area contributed by atoms with Gasteiger partial charge in [0.1, 0.15) is 0 Å². The summed E-state index contributed by atoms with van der Waals surface area (Å²) in [7, 11) is 0. The van der Waals surface area contributed by atoms with Crippen molar-refractivity contribution in [2.24, 2.45) is 22.7 Å². The molecular formula is C13H22O. The van der Waals surface area contributed by atoms with Crippen LogP contribution in [0.3, 0.4) is 0 Å². The Kier molecular flexibility index (Phi) is 1.81. The first kappa shape index (κ1) is 9.21. The molecule has 0 saturated heterocycles. The van der Waals surface area contributed by atoms with Crippen LogP contribution in [0.2, 0.25) is 0 Å². The molecule has 1 heteroatoms. The summed E-state index contributed by atoms with van der Waals surface area (Å²) in [5.74, 6) is 1.92. The summed E-state index contributed by atoms with van der Waals surface area (Å²) in [6.07, 6.45) is 9.78. The van der Waals surface area contributed by atoms with Gasteiger partial charge in [-0.25, -0.2) is 0 Å². The molecule has 4 fully saturated rings. The largest absolute Gasteiger partial charge is 0.396 e. The van der Waals surface area contributed by atoms with Gasteiger partial charge in [0.05, 0.1) is 0 Å². The molecule has 1 N–H and O–H groups in total. The highest BCUT2D eigenvalue weighted by molar-refractivity contribution is 5.06. The minimum Gasteiger partial charge on any atom is -0.396 e. The van der Waals surface area contributed by atoms with Crippen LogP contribution in [0.5, 0.6) is 0 Å². The molecule has 4 bridgehead atoms. The first-order chi connectivity index (χ1) is 6.69. The molecule has 0 aromatic heterocycles. The molecule has 0 heterocycles. The summed E-state index contributed by atoms with van der Waals surface area (Å²) in [6, 6.07) is 0. The molecule has 1 nitrogen and oxygen atoms in total. The van der Waals surface area contributed by atoms with Crippen LogP contribution < -0.4 is 0 Å². The van der Waals surface area contributed by atoms with E-state index < -0.39 is 0 Å². The summed E-state index contributed by atoms with van der Waals surface area (Å²) in [4.78, 5) is 0. The molecule has 4 saturated carbocycles. The van der Waals surface area contributed by atoms with E-state index in [1.807, 2.05) is 0 Å². The van der Waals surface area contributed by atoms with Gasteiger partial charge in [-0.2, -0.15) is 0 Å². The summed E-state index contributed by atoms with van der Waals surface area (Å²) >= 11 is 0. The van der Waals surface area contributed by atoms with Crippen LogP contribution in [0.4, 0.5) is 0 Å². The minimum absolute atomic E-state index is 0.361. The summed E-state index contributed by atoms with van der Waals surface area (Å²) < 4.78 is 0. The molecule has 0 amide bonds. The standard InChI is InChI=1S/C13H22O/c1-2-12-4-10-3-11(5-12)7-13(6-10,8-12)9-14/h10-11,14H,2-9H2,1H3/t10-,11+,12?,13?. The SMILES string of the molecule is CCC12C[C@H]3C[C@@H](C1)CC(CO)(C3)C2. The third-order valence-electron chi connectivity index (χ3n) is 5.39. The molecular weight excluding hydrogens is 172 g/mol. The van der Waals surface area contributed by atoms with Gasteiger partial charge in [0.25, 0.3) is 0 Å². The van der Waals surface area contributed by atoms with Crippen molar-refractivity contribution in [2.45, 2.75) is 51.9 Å². The lowest BCUT2D eigenvalue weighted by Crippen LogP contribution is -2.53. The maximum absolute atomic E-state index is 9.64. The van der Waals surface area contributed by atoms with E-state index in [1.165, 1.54) is 44.9 Å². The van der Waals surface area contributed by atoms with Crippen LogP contribution in [0.15, 0.2) is 0 Å². The Balaban J connectivity index is 1.94. The van der Waals surface area contributed by atoms with E-state index in [9.17, 15) is 5.11 Å². The van der Waals surface area contributed by atoms with Gasteiger partial charge in [-0.15, -0.1) is 0 Å². The molecule has 80 valence electrons. The van der Waals surface area contributed by atoms with Crippen LogP contribution >= 0.6 is 0 Å². The van der Waals surface area contributed by atoms with Gasteiger partial charge in [-0.05, 0) is 61.2 Å². The first-order valence-corrected chi connectivity index (χ1v) is 6.30. The summed E-state index contributed by atoms with van der Waals surface area (Å²) in [5, 5.41) is 9.64. The topological polar surface area (TPSA) is 20.2 Å². The van der Waals surface area contributed by atoms with Crippen LogP contribution in [0.1, 0.15) is 51.9 Å². The van der Waals surface area contributed by atoms with Crippen LogP contribution in [-0.2, 0) is 0 Å². The Morgan fingerprint density at radius 3 is 2.14 bits per heavy atom. The van der Waals surface area contributed by atoms with E-state index >= 15 is 0 Å². The third kappa shape index (κ3) is 1.11. The number of hydrogen-bond acceptors (Lipinski definition) is 1. The molecule has 0 aromatic rings. The number of aliphatic hydroxyl groups is 1. The van der Waals surface area contributed by atoms with E-state index in [0.29, 0.717) is 17.4 Å². The monoisotopic (exact) mass is 194 g/mol. The van der Waals surface area contributed by atoms with Gasteiger partial charge in [0.2, 0.25) is 0 Å². The molecule has 4 atom stereocenters. The molecule has 0 spiro atoms. The smallest absolute Gasteiger partial charge is 0.0487 e. The maximum Gasteiger partial charge on any atom is 0.0487 e. The molecule has 14 heavy (non-hydrogen) atoms. The van der Waals surface area contributed by atoms with E-state index in [-0.39, 0.29) is 0 Å². The average molecular weight is 194 g/mol. The Morgan fingerprint density at radius 1 is 1.07 bits per heavy atom. The molecule has 2 unspecified atom stereocenters. The Labute approximate surface area is 86.9 Å². The zero-order valence-electron chi connectivity index (χ0n) is 9.26. The van der Waals surface area contributed by atoms with Crippen LogP contribution in [-0.4, -0.2) is 11.7 Å². The predicted molar refractivity (Wildman–Crippen MR) is 56.9 cm³/mol. The molecule has 0 aliphatic heterocycles. The predicted octanol–water partition coefficient (Wildman–Crippen LogP) is 2.98. The molecule has 4 rings (SSSR count). The van der Waals surface area contributed by atoms with Crippen molar-refractivity contribution in [2.75, 3.05) is 6.61 Å². The fourth-order valence-corrected chi connectivity index (χ4v) is 5.25. The third-order valence-corrected chi connectivity index (χ3v) is 5.39. The summed E-state index contributed by atoms with van der Waals surface area (Å²) in [6.45, 7) is 2.82. The molecule has 4 aliphatic rings. The second kappa shape index (κ2) is 2.75. The van der Waals surface area contributed by atoms with Crippen molar-refractivity contribution < 1.29 is 5.11 Å². The number of aliphatic hydroxyl groups excluding tert-OH is 1. The normalized spacial score (nSPS) is 55.3. The van der Waals surface area contributed by atoms with Gasteiger partial charge in [-0.3, -0.25) is 0 Å². The van der Waals surface area contributed by atoms with Crippen LogP contribution in [0, 0.1) is 22.7 Å². The lowest BCUT2D eigenvalue weighted by molar-refractivity contribution is -0.130. The highest BCUT2D eigenvalue weighted by Gasteiger charge is 2.56. The van der Waals surface area contributed by atoms with Crippen molar-refractivity contribution in [3.63, 3.8) is 0 Å². The van der Waals surface area contributed by atoms with Crippen molar-refractivity contribution in [3.05, 3.63) is 0 Å². The van der Waals surface area contributed by atoms with Crippen molar-refractivity contribution in [1.29, 1.82) is 0 Å². The Morgan fingerprint density at radius 2 is 1.64 bits per heavy atom.